The van der Waals surface area contributed by atoms with Gasteiger partial charge in [0, 0.05) is 43.4 Å². The average molecular weight is 324 g/mol. The fourth-order valence-electron chi connectivity index (χ4n) is 2.89. The third kappa shape index (κ3) is 3.53. The predicted octanol–water partition coefficient (Wildman–Crippen LogP) is 2.24. The van der Waals surface area contributed by atoms with Crippen molar-refractivity contribution >= 4 is 17.5 Å². The van der Waals surface area contributed by atoms with E-state index in [1.54, 1.807) is 17.2 Å². The van der Waals surface area contributed by atoms with Crippen molar-refractivity contribution < 1.29 is 9.59 Å². The number of piperidine rings is 1. The fraction of sp³-hybridized carbons (Fsp3) is 0.278. The number of aromatic nitrogens is 2. The molecule has 0 unspecified atom stereocenters. The molecule has 1 fully saturated rings. The minimum Gasteiger partial charge on any atom is -0.338 e. The summed E-state index contributed by atoms with van der Waals surface area (Å²) in [7, 11) is 0. The number of hydrogen-bond acceptors (Lipinski definition) is 3. The molecule has 0 bridgehead atoms. The Morgan fingerprint density at radius 3 is 2.88 bits per heavy atom. The number of hydrogen-bond donors (Lipinski definition) is 1. The monoisotopic (exact) mass is 324 g/mol. The molecule has 1 saturated heterocycles. The van der Waals surface area contributed by atoms with Crippen molar-refractivity contribution in [2.45, 2.75) is 12.8 Å². The van der Waals surface area contributed by atoms with Crippen molar-refractivity contribution in [1.29, 1.82) is 0 Å². The molecule has 124 valence electrons. The number of nitrogens with zero attached hydrogens (tertiary/aromatic N) is 3. The van der Waals surface area contributed by atoms with E-state index in [0.29, 0.717) is 18.8 Å². The second-order valence-electron chi connectivity index (χ2n) is 5.81. The molecule has 0 aliphatic carbocycles. The van der Waals surface area contributed by atoms with Gasteiger partial charge in [0.15, 0.2) is 0 Å². The molecule has 0 radical (unpaired) electrons. The number of amides is 2. The van der Waals surface area contributed by atoms with Crippen molar-refractivity contribution in [1.82, 2.24) is 14.5 Å². The highest BCUT2D eigenvalue weighted by molar-refractivity contribution is 5.94. The normalized spacial score (nSPS) is 17.3. The molecule has 0 aromatic carbocycles. The first kappa shape index (κ1) is 16.0. The van der Waals surface area contributed by atoms with Gasteiger partial charge in [-0.25, -0.2) is 4.98 Å². The average Bonchev–Trinajstić information content (AvgIpc) is 3.16. The molecule has 6 heteroatoms. The smallest absolute Gasteiger partial charge is 0.245 e. The summed E-state index contributed by atoms with van der Waals surface area (Å²) in [5, 5.41) is 2.94. The van der Waals surface area contributed by atoms with Gasteiger partial charge in [-0.15, -0.1) is 0 Å². The Balaban J connectivity index is 1.67. The maximum Gasteiger partial charge on any atom is 0.245 e. The van der Waals surface area contributed by atoms with Crippen molar-refractivity contribution in [3.8, 4) is 5.82 Å². The van der Waals surface area contributed by atoms with Crippen LogP contribution in [0.1, 0.15) is 12.8 Å². The topological polar surface area (TPSA) is 67.2 Å². The minimum absolute atomic E-state index is 0.0683. The largest absolute Gasteiger partial charge is 0.338 e. The first-order valence-electron chi connectivity index (χ1n) is 7.99. The number of carbonyl (C=O) groups excluding carboxylic acids is 2. The molecule has 2 amide bonds. The van der Waals surface area contributed by atoms with E-state index in [0.717, 1.165) is 18.7 Å². The van der Waals surface area contributed by atoms with E-state index in [1.165, 1.54) is 6.08 Å². The molecule has 24 heavy (non-hydrogen) atoms. The molecular formula is C18H20N4O2. The van der Waals surface area contributed by atoms with Crippen LogP contribution in [0.15, 0.2) is 55.5 Å². The third-order valence-electron chi connectivity index (χ3n) is 4.16. The molecular weight excluding hydrogens is 304 g/mol. The lowest BCUT2D eigenvalue weighted by Crippen LogP contribution is -2.43. The highest BCUT2D eigenvalue weighted by Gasteiger charge is 2.27. The van der Waals surface area contributed by atoms with E-state index in [9.17, 15) is 9.59 Å². The van der Waals surface area contributed by atoms with Crippen molar-refractivity contribution in [3.05, 3.63) is 55.5 Å². The van der Waals surface area contributed by atoms with Crippen LogP contribution in [0.3, 0.4) is 0 Å². The van der Waals surface area contributed by atoms with Gasteiger partial charge in [-0.05, 0) is 37.1 Å². The summed E-state index contributed by atoms with van der Waals surface area (Å²) in [5.74, 6) is 0.350. The summed E-state index contributed by atoms with van der Waals surface area (Å²) in [5.41, 5.74) is 0.700. The fourth-order valence-corrected chi connectivity index (χ4v) is 2.89. The number of pyridine rings is 1. The van der Waals surface area contributed by atoms with Gasteiger partial charge in [-0.3, -0.25) is 9.59 Å². The molecule has 0 saturated carbocycles. The van der Waals surface area contributed by atoms with Crippen LogP contribution >= 0.6 is 0 Å². The van der Waals surface area contributed by atoms with E-state index >= 15 is 0 Å². The van der Waals surface area contributed by atoms with Crippen LogP contribution in [-0.4, -0.2) is 39.4 Å². The predicted molar refractivity (Wildman–Crippen MR) is 91.7 cm³/mol. The maximum absolute atomic E-state index is 12.5. The van der Waals surface area contributed by atoms with Crippen molar-refractivity contribution in [2.24, 2.45) is 5.92 Å². The zero-order valence-corrected chi connectivity index (χ0v) is 13.4. The lowest BCUT2D eigenvalue weighted by Gasteiger charge is -2.31. The zero-order valence-electron chi connectivity index (χ0n) is 13.4. The molecule has 6 nitrogen and oxygen atoms in total. The maximum atomic E-state index is 12.5. The Kier molecular flexibility index (Phi) is 4.74. The van der Waals surface area contributed by atoms with E-state index in [2.05, 4.69) is 16.9 Å². The molecule has 0 spiro atoms. The van der Waals surface area contributed by atoms with Crippen LogP contribution in [0.5, 0.6) is 0 Å². The zero-order chi connectivity index (χ0) is 16.9. The van der Waals surface area contributed by atoms with Crippen molar-refractivity contribution in [3.63, 3.8) is 0 Å². The SMILES string of the molecule is C=CC(=O)N1CCC[C@H](C(=O)Nc2ccnc(-n3cccc3)c2)C1. The molecule has 1 aliphatic rings. The van der Waals surface area contributed by atoms with Crippen molar-refractivity contribution in [2.75, 3.05) is 18.4 Å². The van der Waals surface area contributed by atoms with Crippen LogP contribution in [0, 0.1) is 5.92 Å². The Morgan fingerprint density at radius 2 is 2.12 bits per heavy atom. The number of likely N-dealkylation sites (tertiary alicyclic amines) is 1. The number of carbonyl (C=O) groups is 2. The number of nitrogens with one attached hydrogen (secondary N) is 1. The molecule has 3 heterocycles. The number of rotatable bonds is 4. The van der Waals surface area contributed by atoms with Gasteiger partial charge in [0.25, 0.3) is 0 Å². The Morgan fingerprint density at radius 1 is 1.33 bits per heavy atom. The highest BCUT2D eigenvalue weighted by Crippen LogP contribution is 2.20. The summed E-state index contributed by atoms with van der Waals surface area (Å²) in [6.07, 6.45) is 8.36. The summed E-state index contributed by atoms with van der Waals surface area (Å²) in [4.78, 5) is 30.2. The van der Waals surface area contributed by atoms with Crippen LogP contribution < -0.4 is 5.32 Å². The third-order valence-corrected chi connectivity index (χ3v) is 4.16. The van der Waals surface area contributed by atoms with Gasteiger partial charge < -0.3 is 14.8 Å². The lowest BCUT2D eigenvalue weighted by molar-refractivity contribution is -0.130. The highest BCUT2D eigenvalue weighted by atomic mass is 16.2. The minimum atomic E-state index is -0.203. The van der Waals surface area contributed by atoms with E-state index in [1.807, 2.05) is 35.2 Å². The van der Waals surface area contributed by atoms with Crippen LogP contribution in [0.2, 0.25) is 0 Å². The van der Waals surface area contributed by atoms with E-state index < -0.39 is 0 Å². The second-order valence-corrected chi connectivity index (χ2v) is 5.81. The molecule has 1 aliphatic heterocycles. The Labute approximate surface area is 140 Å². The Bertz CT molecular complexity index is 739. The summed E-state index contributed by atoms with van der Waals surface area (Å²) in [6, 6.07) is 7.42. The second kappa shape index (κ2) is 7.12. The molecule has 3 rings (SSSR count). The molecule has 1 atom stereocenters. The first-order chi connectivity index (χ1) is 11.7. The summed E-state index contributed by atoms with van der Waals surface area (Å²) in [6.45, 7) is 4.63. The van der Waals surface area contributed by atoms with Crippen LogP contribution in [0.4, 0.5) is 5.69 Å². The van der Waals surface area contributed by atoms with Gasteiger partial charge >= 0.3 is 0 Å². The van der Waals surface area contributed by atoms with Gasteiger partial charge in [-0.2, -0.15) is 0 Å². The summed E-state index contributed by atoms with van der Waals surface area (Å²) < 4.78 is 1.88. The van der Waals surface area contributed by atoms with Gasteiger partial charge in [0.05, 0.1) is 5.92 Å². The number of anilines is 1. The van der Waals surface area contributed by atoms with Crippen LogP contribution in [0.25, 0.3) is 5.82 Å². The van der Waals surface area contributed by atoms with E-state index in [-0.39, 0.29) is 17.7 Å². The standard InChI is InChI=1S/C18H20N4O2/c1-2-17(23)22-11-5-6-14(13-22)18(24)20-15-7-8-19-16(12-15)21-9-3-4-10-21/h2-4,7-10,12,14H,1,5-6,11,13H2,(H,19,20,24)/t14-/m0/s1. The summed E-state index contributed by atoms with van der Waals surface area (Å²) >= 11 is 0. The Hall–Kier alpha value is -2.89. The van der Waals surface area contributed by atoms with Crippen LogP contribution in [-0.2, 0) is 9.59 Å². The van der Waals surface area contributed by atoms with Gasteiger partial charge in [0.1, 0.15) is 5.82 Å². The lowest BCUT2D eigenvalue weighted by atomic mass is 9.97. The first-order valence-corrected chi connectivity index (χ1v) is 7.99. The van der Waals surface area contributed by atoms with E-state index in [4.69, 9.17) is 0 Å². The molecule has 2 aromatic rings. The molecule has 2 aromatic heterocycles. The quantitative estimate of drug-likeness (QED) is 0.877. The molecule has 1 N–H and O–H groups in total. The van der Waals surface area contributed by atoms with Gasteiger partial charge in [-0.1, -0.05) is 6.58 Å². The van der Waals surface area contributed by atoms with Gasteiger partial charge in [0.2, 0.25) is 11.8 Å².